The van der Waals surface area contributed by atoms with E-state index in [0.29, 0.717) is 11.3 Å². The number of hydrogen-bond donors (Lipinski definition) is 2. The minimum Gasteiger partial charge on any atom is -0.507 e. The zero-order valence-corrected chi connectivity index (χ0v) is 16.4. The fourth-order valence-electron chi connectivity index (χ4n) is 3.00. The first-order valence-corrected chi connectivity index (χ1v) is 8.99. The molecular formula is C22H29NO3. The van der Waals surface area contributed by atoms with E-state index in [1.54, 1.807) is 38.4 Å². The Morgan fingerprint density at radius 3 is 1.73 bits per heavy atom. The van der Waals surface area contributed by atoms with E-state index in [2.05, 4.69) is 0 Å². The van der Waals surface area contributed by atoms with Crippen LogP contribution in [0.3, 0.4) is 0 Å². The highest BCUT2D eigenvalue weighted by Crippen LogP contribution is 2.37. The Morgan fingerprint density at radius 1 is 0.885 bits per heavy atom. The summed E-state index contributed by atoms with van der Waals surface area (Å²) in [6, 6.07) is 10.8. The first kappa shape index (κ1) is 20.0. The van der Waals surface area contributed by atoms with Crippen LogP contribution in [0.4, 0.5) is 0 Å². The second-order valence-corrected chi connectivity index (χ2v) is 7.58. The van der Waals surface area contributed by atoms with E-state index in [1.807, 2.05) is 39.8 Å². The standard InChI is InChI=1S/C22H29NO3/c1-13(2)18-11-17(12-19(14(3)4)21(18)25)20(24)15-7-9-16(10-8-15)22(26)23(5)6/h7-14,20,24-25H,1-6H3. The fraction of sp³-hybridized carbons (Fsp3) is 0.409. The summed E-state index contributed by atoms with van der Waals surface area (Å²) in [7, 11) is 3.42. The number of aliphatic hydroxyl groups is 1. The van der Waals surface area contributed by atoms with E-state index in [-0.39, 0.29) is 17.7 Å². The Morgan fingerprint density at radius 2 is 1.35 bits per heavy atom. The van der Waals surface area contributed by atoms with Crippen molar-refractivity contribution in [2.24, 2.45) is 0 Å². The van der Waals surface area contributed by atoms with E-state index >= 15 is 0 Å². The van der Waals surface area contributed by atoms with Gasteiger partial charge in [0.2, 0.25) is 0 Å². The quantitative estimate of drug-likeness (QED) is 0.834. The molecule has 2 aromatic carbocycles. The summed E-state index contributed by atoms with van der Waals surface area (Å²) in [6.45, 7) is 8.10. The van der Waals surface area contributed by atoms with Gasteiger partial charge >= 0.3 is 0 Å². The number of carbonyl (C=O) groups is 1. The molecule has 0 spiro atoms. The Labute approximate surface area is 156 Å². The van der Waals surface area contributed by atoms with Crippen LogP contribution in [0.2, 0.25) is 0 Å². The van der Waals surface area contributed by atoms with Gasteiger partial charge in [0.15, 0.2) is 0 Å². The van der Waals surface area contributed by atoms with Gasteiger partial charge in [-0.15, -0.1) is 0 Å². The minimum atomic E-state index is -0.811. The van der Waals surface area contributed by atoms with Crippen molar-refractivity contribution in [3.8, 4) is 5.75 Å². The molecule has 1 amide bonds. The van der Waals surface area contributed by atoms with Gasteiger partial charge in [0.05, 0.1) is 0 Å². The van der Waals surface area contributed by atoms with Gasteiger partial charge in [-0.2, -0.15) is 0 Å². The third kappa shape index (κ3) is 4.07. The molecule has 0 aliphatic rings. The molecule has 4 heteroatoms. The van der Waals surface area contributed by atoms with Crippen LogP contribution in [0.5, 0.6) is 5.75 Å². The number of amides is 1. The van der Waals surface area contributed by atoms with Crippen molar-refractivity contribution in [2.75, 3.05) is 14.1 Å². The molecule has 2 rings (SSSR count). The van der Waals surface area contributed by atoms with Crippen molar-refractivity contribution >= 4 is 5.91 Å². The molecule has 1 atom stereocenters. The van der Waals surface area contributed by atoms with Crippen LogP contribution in [0.15, 0.2) is 36.4 Å². The van der Waals surface area contributed by atoms with E-state index in [4.69, 9.17) is 0 Å². The van der Waals surface area contributed by atoms with E-state index in [9.17, 15) is 15.0 Å². The summed E-state index contributed by atoms with van der Waals surface area (Å²) in [5, 5.41) is 21.4. The number of benzene rings is 2. The maximum atomic E-state index is 12.0. The van der Waals surface area contributed by atoms with Crippen molar-refractivity contribution in [3.05, 3.63) is 64.2 Å². The Balaban J connectivity index is 2.43. The molecule has 0 saturated carbocycles. The maximum absolute atomic E-state index is 12.0. The van der Waals surface area contributed by atoms with Crippen molar-refractivity contribution in [2.45, 2.75) is 45.6 Å². The largest absolute Gasteiger partial charge is 0.507 e. The molecule has 0 aliphatic heterocycles. The summed E-state index contributed by atoms with van der Waals surface area (Å²) in [4.78, 5) is 13.5. The molecule has 0 radical (unpaired) electrons. The van der Waals surface area contributed by atoms with Gasteiger partial charge in [-0.25, -0.2) is 0 Å². The van der Waals surface area contributed by atoms with Crippen molar-refractivity contribution in [1.29, 1.82) is 0 Å². The molecule has 2 aromatic rings. The predicted octanol–water partition coefficient (Wildman–Crippen LogP) is 4.42. The normalized spacial score (nSPS) is 12.5. The van der Waals surface area contributed by atoms with Gasteiger partial charge < -0.3 is 15.1 Å². The lowest BCUT2D eigenvalue weighted by Crippen LogP contribution is -2.21. The van der Waals surface area contributed by atoms with Crippen LogP contribution in [0.1, 0.15) is 78.2 Å². The molecule has 4 nitrogen and oxygen atoms in total. The number of nitrogens with zero attached hydrogens (tertiary/aromatic N) is 1. The highest BCUT2D eigenvalue weighted by atomic mass is 16.3. The molecule has 0 aliphatic carbocycles. The molecule has 0 bridgehead atoms. The lowest BCUT2D eigenvalue weighted by molar-refractivity contribution is 0.0827. The second-order valence-electron chi connectivity index (χ2n) is 7.58. The van der Waals surface area contributed by atoms with Gasteiger partial charge in [0, 0.05) is 19.7 Å². The summed E-state index contributed by atoms with van der Waals surface area (Å²) in [6.07, 6.45) is -0.811. The number of phenolic OH excluding ortho intramolecular Hbond substituents is 1. The Kier molecular flexibility index (Phi) is 6.09. The molecule has 140 valence electrons. The number of carbonyl (C=O) groups excluding carboxylic acids is 1. The zero-order valence-electron chi connectivity index (χ0n) is 16.4. The molecule has 0 saturated heterocycles. The van der Waals surface area contributed by atoms with Gasteiger partial charge in [-0.1, -0.05) is 39.8 Å². The summed E-state index contributed by atoms with van der Waals surface area (Å²) in [5.74, 6) is 0.553. The van der Waals surface area contributed by atoms with Crippen molar-refractivity contribution in [3.63, 3.8) is 0 Å². The maximum Gasteiger partial charge on any atom is 0.253 e. The van der Waals surface area contributed by atoms with Gasteiger partial charge in [0.1, 0.15) is 11.9 Å². The monoisotopic (exact) mass is 355 g/mol. The summed E-state index contributed by atoms with van der Waals surface area (Å²) in [5.41, 5.74) is 3.73. The Bertz CT molecular complexity index is 747. The minimum absolute atomic E-state index is 0.0696. The number of rotatable bonds is 5. The topological polar surface area (TPSA) is 60.8 Å². The molecular weight excluding hydrogens is 326 g/mol. The summed E-state index contributed by atoms with van der Waals surface area (Å²) >= 11 is 0. The lowest BCUT2D eigenvalue weighted by Gasteiger charge is -2.20. The average molecular weight is 355 g/mol. The fourth-order valence-corrected chi connectivity index (χ4v) is 3.00. The molecule has 26 heavy (non-hydrogen) atoms. The molecule has 0 heterocycles. The van der Waals surface area contributed by atoms with E-state index < -0.39 is 6.10 Å². The van der Waals surface area contributed by atoms with Crippen LogP contribution >= 0.6 is 0 Å². The number of aliphatic hydroxyl groups excluding tert-OH is 1. The number of aromatic hydroxyl groups is 1. The van der Waals surface area contributed by atoms with Crippen LogP contribution in [0.25, 0.3) is 0 Å². The first-order chi connectivity index (χ1) is 12.1. The third-order valence-corrected chi connectivity index (χ3v) is 4.63. The second kappa shape index (κ2) is 7.92. The highest BCUT2D eigenvalue weighted by molar-refractivity contribution is 5.93. The van der Waals surface area contributed by atoms with Crippen LogP contribution in [-0.4, -0.2) is 35.1 Å². The van der Waals surface area contributed by atoms with Crippen LogP contribution in [-0.2, 0) is 0 Å². The average Bonchev–Trinajstić information content (AvgIpc) is 2.60. The van der Waals surface area contributed by atoms with Crippen molar-refractivity contribution < 1.29 is 15.0 Å². The molecule has 0 aromatic heterocycles. The third-order valence-electron chi connectivity index (χ3n) is 4.63. The number of hydrogen-bond acceptors (Lipinski definition) is 3. The highest BCUT2D eigenvalue weighted by Gasteiger charge is 2.19. The SMILES string of the molecule is CC(C)c1cc(C(O)c2ccc(C(=O)N(C)C)cc2)cc(C(C)C)c1O. The first-order valence-electron chi connectivity index (χ1n) is 8.99. The molecule has 2 N–H and O–H groups in total. The Hall–Kier alpha value is -2.33. The van der Waals surface area contributed by atoms with Crippen molar-refractivity contribution in [1.82, 2.24) is 4.90 Å². The zero-order chi connectivity index (χ0) is 19.6. The van der Waals surface area contributed by atoms with Gasteiger partial charge in [-0.05, 0) is 58.4 Å². The molecule has 1 unspecified atom stereocenters. The lowest BCUT2D eigenvalue weighted by atomic mass is 9.88. The van der Waals surface area contributed by atoms with Gasteiger partial charge in [-0.3, -0.25) is 4.79 Å². The van der Waals surface area contributed by atoms with E-state index in [0.717, 1.165) is 22.3 Å². The predicted molar refractivity (Wildman–Crippen MR) is 105 cm³/mol. The van der Waals surface area contributed by atoms with E-state index in [1.165, 1.54) is 4.90 Å². The van der Waals surface area contributed by atoms with Crippen LogP contribution < -0.4 is 0 Å². The van der Waals surface area contributed by atoms with Crippen LogP contribution in [0, 0.1) is 0 Å². The van der Waals surface area contributed by atoms with Gasteiger partial charge in [0.25, 0.3) is 5.91 Å². The number of phenols is 1. The smallest absolute Gasteiger partial charge is 0.253 e. The molecule has 0 fully saturated rings. The summed E-state index contributed by atoms with van der Waals surface area (Å²) < 4.78 is 0.